The second-order valence-electron chi connectivity index (χ2n) is 6.85. The zero-order valence-corrected chi connectivity index (χ0v) is 16.4. The van der Waals surface area contributed by atoms with Crippen LogP contribution in [0.1, 0.15) is 5.69 Å². The number of primary amides is 1. The fourth-order valence-electron chi connectivity index (χ4n) is 3.30. The first-order chi connectivity index (χ1) is 13.4. The Morgan fingerprint density at radius 2 is 2.00 bits per heavy atom. The van der Waals surface area contributed by atoms with Gasteiger partial charge in [0.25, 0.3) is 0 Å². The maximum absolute atomic E-state index is 12.5. The zero-order chi connectivity index (χ0) is 20.3. The second-order valence-corrected chi connectivity index (χ2v) is 6.85. The van der Waals surface area contributed by atoms with Crippen molar-refractivity contribution < 1.29 is 14.3 Å². The van der Waals surface area contributed by atoms with Crippen LogP contribution in [0.4, 0.5) is 11.4 Å². The van der Waals surface area contributed by atoms with E-state index < -0.39 is 11.9 Å². The van der Waals surface area contributed by atoms with Crippen LogP contribution in [0.2, 0.25) is 0 Å². The molecule has 2 amide bonds. The van der Waals surface area contributed by atoms with E-state index in [0.29, 0.717) is 25.3 Å². The van der Waals surface area contributed by atoms with Crippen molar-refractivity contribution >= 4 is 23.2 Å². The summed E-state index contributed by atoms with van der Waals surface area (Å²) in [7, 11) is 3.43. The van der Waals surface area contributed by atoms with Crippen LogP contribution in [0.15, 0.2) is 30.5 Å². The molecule has 1 aromatic heterocycles. The molecular formula is C19H26N6O3. The van der Waals surface area contributed by atoms with Gasteiger partial charge in [-0.05, 0) is 31.2 Å². The van der Waals surface area contributed by atoms with E-state index in [1.165, 1.54) is 0 Å². The molecule has 1 aromatic carbocycles. The average molecular weight is 386 g/mol. The van der Waals surface area contributed by atoms with Gasteiger partial charge in [0.1, 0.15) is 11.8 Å². The van der Waals surface area contributed by atoms with Gasteiger partial charge < -0.3 is 20.7 Å². The van der Waals surface area contributed by atoms with Gasteiger partial charge in [-0.2, -0.15) is 5.10 Å². The third kappa shape index (κ3) is 4.25. The minimum Gasteiger partial charge on any atom is -0.497 e. The monoisotopic (exact) mass is 386 g/mol. The van der Waals surface area contributed by atoms with Gasteiger partial charge >= 0.3 is 0 Å². The number of methoxy groups -OCH3 is 1. The Balaban J connectivity index is 1.64. The van der Waals surface area contributed by atoms with Crippen molar-refractivity contribution in [3.63, 3.8) is 0 Å². The van der Waals surface area contributed by atoms with Gasteiger partial charge in [0.2, 0.25) is 11.8 Å². The first kappa shape index (κ1) is 19.7. The summed E-state index contributed by atoms with van der Waals surface area (Å²) >= 11 is 0. The van der Waals surface area contributed by atoms with Crippen LogP contribution >= 0.6 is 0 Å². The van der Waals surface area contributed by atoms with E-state index >= 15 is 0 Å². The minimum absolute atomic E-state index is 0.0956. The highest BCUT2D eigenvalue weighted by Crippen LogP contribution is 2.22. The standard InChI is InChI=1S/C19H26N6O3/c1-13-16(10-21-23(13)2)22-18(26)12-25-9-8-24(11-17(25)19(20)27)14-4-6-15(28-3)7-5-14/h4-7,10,17H,8-9,11-12H2,1-3H3,(H2,20,27)(H,22,26). The van der Waals surface area contributed by atoms with E-state index in [9.17, 15) is 9.59 Å². The Morgan fingerprint density at radius 1 is 1.29 bits per heavy atom. The van der Waals surface area contributed by atoms with E-state index in [1.54, 1.807) is 18.0 Å². The zero-order valence-electron chi connectivity index (χ0n) is 16.4. The number of aryl methyl sites for hydroxylation is 1. The number of ether oxygens (including phenoxy) is 1. The predicted molar refractivity (Wildman–Crippen MR) is 106 cm³/mol. The van der Waals surface area contributed by atoms with Crippen molar-refractivity contribution in [2.45, 2.75) is 13.0 Å². The fourth-order valence-corrected chi connectivity index (χ4v) is 3.30. The molecule has 150 valence electrons. The number of hydrogen-bond donors (Lipinski definition) is 2. The number of carbonyl (C=O) groups excluding carboxylic acids is 2. The molecule has 9 nitrogen and oxygen atoms in total. The van der Waals surface area contributed by atoms with E-state index in [0.717, 1.165) is 17.1 Å². The van der Waals surface area contributed by atoms with Gasteiger partial charge in [-0.1, -0.05) is 0 Å². The van der Waals surface area contributed by atoms with Gasteiger partial charge in [0.05, 0.1) is 31.2 Å². The Labute approximate surface area is 164 Å². The molecule has 1 fully saturated rings. The number of hydrogen-bond acceptors (Lipinski definition) is 6. The molecule has 1 saturated heterocycles. The minimum atomic E-state index is -0.545. The number of nitrogens with two attached hydrogens (primary N) is 1. The maximum atomic E-state index is 12.5. The lowest BCUT2D eigenvalue weighted by atomic mass is 10.1. The molecule has 3 N–H and O–H groups in total. The number of piperazine rings is 1. The molecular weight excluding hydrogens is 360 g/mol. The van der Waals surface area contributed by atoms with Crippen LogP contribution < -0.4 is 20.7 Å². The quantitative estimate of drug-likeness (QED) is 0.742. The first-order valence-corrected chi connectivity index (χ1v) is 9.10. The molecule has 0 radical (unpaired) electrons. The van der Waals surface area contributed by atoms with Crippen LogP contribution in [-0.2, 0) is 16.6 Å². The molecule has 1 atom stereocenters. The molecule has 9 heteroatoms. The van der Waals surface area contributed by atoms with Gasteiger partial charge in [0, 0.05) is 32.4 Å². The summed E-state index contributed by atoms with van der Waals surface area (Å²) in [5.74, 6) is 0.139. The van der Waals surface area contributed by atoms with E-state index in [2.05, 4.69) is 15.3 Å². The Hall–Kier alpha value is -3.07. The summed E-state index contributed by atoms with van der Waals surface area (Å²) < 4.78 is 6.87. The Bertz CT molecular complexity index is 848. The van der Waals surface area contributed by atoms with E-state index in [-0.39, 0.29) is 12.5 Å². The Morgan fingerprint density at radius 3 is 2.57 bits per heavy atom. The average Bonchev–Trinajstić information content (AvgIpc) is 3.00. The summed E-state index contributed by atoms with van der Waals surface area (Å²) in [6.45, 7) is 3.65. The largest absolute Gasteiger partial charge is 0.497 e. The topological polar surface area (TPSA) is 106 Å². The lowest BCUT2D eigenvalue weighted by Gasteiger charge is -2.40. The Kier molecular flexibility index (Phi) is 5.84. The van der Waals surface area contributed by atoms with Crippen LogP contribution in [0.25, 0.3) is 0 Å². The van der Waals surface area contributed by atoms with Gasteiger partial charge in [-0.25, -0.2) is 0 Å². The van der Waals surface area contributed by atoms with Crippen molar-refractivity contribution in [2.75, 3.05) is 43.5 Å². The molecule has 1 aliphatic heterocycles. The predicted octanol–water partition coefficient (Wildman–Crippen LogP) is 0.352. The molecule has 0 spiro atoms. The van der Waals surface area contributed by atoms with Crippen LogP contribution in [0.3, 0.4) is 0 Å². The maximum Gasteiger partial charge on any atom is 0.238 e. The van der Waals surface area contributed by atoms with Gasteiger partial charge in [0.15, 0.2) is 0 Å². The molecule has 3 rings (SSSR count). The summed E-state index contributed by atoms with van der Waals surface area (Å²) in [6, 6.07) is 7.11. The highest BCUT2D eigenvalue weighted by atomic mass is 16.5. The number of benzene rings is 1. The number of rotatable bonds is 6. The molecule has 0 aliphatic carbocycles. The molecule has 0 saturated carbocycles. The number of anilines is 2. The lowest BCUT2D eigenvalue weighted by Crippen LogP contribution is -2.59. The van der Waals surface area contributed by atoms with Crippen LogP contribution in [0, 0.1) is 6.92 Å². The number of carbonyl (C=O) groups is 2. The van der Waals surface area contributed by atoms with Gasteiger partial charge in [-0.15, -0.1) is 0 Å². The third-order valence-corrected chi connectivity index (χ3v) is 5.11. The summed E-state index contributed by atoms with van der Waals surface area (Å²) in [4.78, 5) is 28.4. The van der Waals surface area contributed by atoms with Crippen molar-refractivity contribution in [1.82, 2.24) is 14.7 Å². The number of aromatic nitrogens is 2. The van der Waals surface area contributed by atoms with Crippen LogP contribution in [0.5, 0.6) is 5.75 Å². The SMILES string of the molecule is COc1ccc(N2CCN(CC(=O)Nc3cnn(C)c3C)C(C(N)=O)C2)cc1. The van der Waals surface area contributed by atoms with Crippen molar-refractivity contribution in [2.24, 2.45) is 12.8 Å². The van der Waals surface area contributed by atoms with Gasteiger partial charge in [-0.3, -0.25) is 19.2 Å². The summed E-state index contributed by atoms with van der Waals surface area (Å²) in [6.07, 6.45) is 1.61. The van der Waals surface area contributed by atoms with E-state index in [1.807, 2.05) is 43.1 Å². The lowest BCUT2D eigenvalue weighted by molar-refractivity contribution is -0.125. The fraction of sp³-hybridized carbons (Fsp3) is 0.421. The molecule has 2 heterocycles. The molecule has 1 unspecified atom stereocenters. The first-order valence-electron chi connectivity index (χ1n) is 9.10. The highest BCUT2D eigenvalue weighted by molar-refractivity contribution is 5.93. The van der Waals surface area contributed by atoms with Crippen LogP contribution in [-0.4, -0.2) is 65.8 Å². The number of nitrogens with zero attached hydrogens (tertiary/aromatic N) is 4. The summed E-state index contributed by atoms with van der Waals surface area (Å²) in [5, 5.41) is 6.96. The van der Waals surface area contributed by atoms with Crippen molar-refractivity contribution in [1.29, 1.82) is 0 Å². The highest BCUT2D eigenvalue weighted by Gasteiger charge is 2.32. The normalized spacial score (nSPS) is 17.4. The second kappa shape index (κ2) is 8.30. The van der Waals surface area contributed by atoms with Crippen molar-refractivity contribution in [3.8, 4) is 5.75 Å². The smallest absolute Gasteiger partial charge is 0.238 e. The third-order valence-electron chi connectivity index (χ3n) is 5.11. The molecule has 28 heavy (non-hydrogen) atoms. The van der Waals surface area contributed by atoms with Crippen molar-refractivity contribution in [3.05, 3.63) is 36.2 Å². The van der Waals surface area contributed by atoms with E-state index in [4.69, 9.17) is 10.5 Å². The molecule has 2 aromatic rings. The number of nitrogens with one attached hydrogen (secondary N) is 1. The molecule has 1 aliphatic rings. The molecule has 0 bridgehead atoms. The summed E-state index contributed by atoms with van der Waals surface area (Å²) in [5.41, 5.74) is 8.15. The number of amides is 2.